The number of nitrogens with zero attached hydrogens (tertiary/aromatic N) is 6. The van der Waals surface area contributed by atoms with Crippen LogP contribution >= 0.6 is 0 Å². The molecule has 3 N–H and O–H groups in total. The molecule has 0 spiro atoms. The van der Waals surface area contributed by atoms with Gasteiger partial charge in [-0.15, -0.1) is 0 Å². The number of hydrogen-bond donors (Lipinski definition) is 2. The number of nitrogen functional groups attached to an aromatic ring is 1. The molecule has 1 fully saturated rings. The van der Waals surface area contributed by atoms with E-state index in [0.717, 1.165) is 5.56 Å². The largest absolute Gasteiger partial charge is 0.482 e. The van der Waals surface area contributed by atoms with Crippen LogP contribution in [0.2, 0.25) is 0 Å². The Balaban J connectivity index is 1.80. The molecule has 2 aliphatic rings. The van der Waals surface area contributed by atoms with Crippen molar-refractivity contribution in [1.29, 1.82) is 5.26 Å². The third-order valence-electron chi connectivity index (χ3n) is 5.61. The first-order valence-electron chi connectivity index (χ1n) is 10.1. The number of carbonyl (C=O) groups is 1. The maximum Gasteiger partial charge on any atom is 0.350 e. The van der Waals surface area contributed by atoms with Crippen molar-refractivity contribution in [2.75, 3.05) is 10.1 Å². The standard InChI is InChI=1S/C21H20N8O3S/c1-11-4-5-16-14(6-11)12(2)32-18-7-13(9-24-20(18)23)19-15(25-27(3)17(19)8-22)10-28-21(30)26-33(31)29(16)28/h4-7,9,12H,10H2,1-3H3,(H2,23,24)(H,26,30)/t12-,33?/m1/s1. The van der Waals surface area contributed by atoms with Gasteiger partial charge in [-0.25, -0.2) is 23.7 Å². The second kappa shape index (κ2) is 7.49. The molecule has 0 radical (unpaired) electrons. The van der Waals surface area contributed by atoms with Crippen LogP contribution in [0.25, 0.3) is 11.1 Å². The van der Waals surface area contributed by atoms with Crippen LogP contribution in [0.4, 0.5) is 16.3 Å². The molecule has 5 rings (SSSR count). The number of amides is 2. The number of aromatic nitrogens is 3. The summed E-state index contributed by atoms with van der Waals surface area (Å²) in [6.45, 7) is 3.75. The Kier molecular flexibility index (Phi) is 4.71. The van der Waals surface area contributed by atoms with Gasteiger partial charge in [0.05, 0.1) is 17.9 Å². The minimum atomic E-state index is -1.86. The molecule has 33 heavy (non-hydrogen) atoms. The number of hydrogen-bond acceptors (Lipinski definition) is 7. The maximum atomic E-state index is 13.0. The highest BCUT2D eigenvalue weighted by Crippen LogP contribution is 2.39. The van der Waals surface area contributed by atoms with Gasteiger partial charge < -0.3 is 10.5 Å². The number of pyridine rings is 1. The van der Waals surface area contributed by atoms with Crippen molar-refractivity contribution >= 4 is 28.7 Å². The summed E-state index contributed by atoms with van der Waals surface area (Å²) in [4.78, 5) is 17.1. The van der Waals surface area contributed by atoms with Gasteiger partial charge in [-0.3, -0.25) is 4.68 Å². The van der Waals surface area contributed by atoms with Crippen LogP contribution in [-0.2, 0) is 24.8 Å². The van der Waals surface area contributed by atoms with Gasteiger partial charge >= 0.3 is 6.03 Å². The van der Waals surface area contributed by atoms with E-state index in [1.54, 1.807) is 19.2 Å². The lowest BCUT2D eigenvalue weighted by molar-refractivity contribution is 0.209. The van der Waals surface area contributed by atoms with E-state index in [-0.39, 0.29) is 18.1 Å². The van der Waals surface area contributed by atoms with E-state index in [1.807, 2.05) is 26.0 Å². The van der Waals surface area contributed by atoms with Crippen LogP contribution in [-0.4, -0.2) is 30.0 Å². The molecule has 2 amide bonds. The van der Waals surface area contributed by atoms with Gasteiger partial charge in [-0.05, 0) is 26.0 Å². The molecule has 2 aromatic heterocycles. The molecule has 2 aliphatic heterocycles. The summed E-state index contributed by atoms with van der Waals surface area (Å²) in [5.41, 5.74) is 10.1. The summed E-state index contributed by atoms with van der Waals surface area (Å²) < 4.78 is 24.4. The second-order valence-electron chi connectivity index (χ2n) is 7.82. The summed E-state index contributed by atoms with van der Waals surface area (Å²) in [6.07, 6.45) is 1.02. The Morgan fingerprint density at radius 2 is 2.15 bits per heavy atom. The second-order valence-corrected chi connectivity index (χ2v) is 8.87. The number of hydrazine groups is 1. The topological polar surface area (TPSA) is 142 Å². The molecule has 4 heterocycles. The van der Waals surface area contributed by atoms with E-state index in [1.165, 1.54) is 20.3 Å². The van der Waals surface area contributed by atoms with Gasteiger partial charge in [0, 0.05) is 29.9 Å². The van der Waals surface area contributed by atoms with Crippen molar-refractivity contribution in [1.82, 2.24) is 24.5 Å². The van der Waals surface area contributed by atoms with Crippen molar-refractivity contribution in [3.05, 3.63) is 53.0 Å². The average Bonchev–Trinajstić information content (AvgIpc) is 3.23. The number of ether oxygens (including phenoxy) is 1. The van der Waals surface area contributed by atoms with E-state index in [9.17, 15) is 14.3 Å². The van der Waals surface area contributed by atoms with E-state index in [0.29, 0.717) is 33.8 Å². The number of fused-ring (bicyclic) bond motifs is 7. The van der Waals surface area contributed by atoms with E-state index >= 15 is 0 Å². The highest BCUT2D eigenvalue weighted by molar-refractivity contribution is 7.85. The number of aryl methyl sites for hydroxylation is 2. The number of benzene rings is 1. The Hall–Kier alpha value is -4.11. The quantitative estimate of drug-likeness (QED) is 0.519. The minimum Gasteiger partial charge on any atom is -0.482 e. The monoisotopic (exact) mass is 464 g/mol. The van der Waals surface area contributed by atoms with Crippen LogP contribution in [0, 0.1) is 18.3 Å². The summed E-state index contributed by atoms with van der Waals surface area (Å²) in [5.74, 6) is 0.546. The molecule has 0 aliphatic carbocycles. The van der Waals surface area contributed by atoms with Gasteiger partial charge in [0.1, 0.15) is 17.9 Å². The molecule has 1 saturated heterocycles. The molecule has 1 unspecified atom stereocenters. The van der Waals surface area contributed by atoms with E-state index in [4.69, 9.17) is 10.5 Å². The Bertz CT molecular complexity index is 1380. The predicted octanol–water partition coefficient (Wildman–Crippen LogP) is 2.22. The molecule has 12 heteroatoms. The lowest BCUT2D eigenvalue weighted by Crippen LogP contribution is -2.39. The third-order valence-corrected chi connectivity index (χ3v) is 6.67. The smallest absolute Gasteiger partial charge is 0.350 e. The summed E-state index contributed by atoms with van der Waals surface area (Å²) in [6, 6.07) is 8.90. The van der Waals surface area contributed by atoms with Gasteiger partial charge in [0.25, 0.3) is 0 Å². The van der Waals surface area contributed by atoms with Crippen LogP contribution < -0.4 is 19.6 Å². The number of nitriles is 1. The molecule has 3 aromatic rings. The van der Waals surface area contributed by atoms with Gasteiger partial charge in [0.15, 0.2) is 11.6 Å². The zero-order valence-electron chi connectivity index (χ0n) is 18.1. The molecule has 1 aromatic carbocycles. The van der Waals surface area contributed by atoms with Crippen molar-refractivity contribution in [2.24, 2.45) is 7.05 Å². The molecule has 0 saturated carbocycles. The fraction of sp³-hybridized carbons (Fsp3) is 0.238. The zero-order chi connectivity index (χ0) is 23.4. The maximum absolute atomic E-state index is 13.0. The number of anilines is 2. The highest BCUT2D eigenvalue weighted by atomic mass is 32.2. The van der Waals surface area contributed by atoms with Crippen molar-refractivity contribution in [3.63, 3.8) is 0 Å². The molecule has 2 bridgehead atoms. The summed E-state index contributed by atoms with van der Waals surface area (Å²) >= 11 is -1.86. The Labute approximate surface area is 192 Å². The molecule has 11 nitrogen and oxygen atoms in total. The van der Waals surface area contributed by atoms with Crippen LogP contribution in [0.15, 0.2) is 30.5 Å². The lowest BCUT2D eigenvalue weighted by Gasteiger charge is -2.29. The van der Waals surface area contributed by atoms with Crippen molar-refractivity contribution in [2.45, 2.75) is 26.5 Å². The van der Waals surface area contributed by atoms with Crippen molar-refractivity contribution < 1.29 is 13.7 Å². The Morgan fingerprint density at radius 3 is 2.91 bits per heavy atom. The lowest BCUT2D eigenvalue weighted by atomic mass is 10.0. The average molecular weight is 465 g/mol. The van der Waals surface area contributed by atoms with Gasteiger partial charge in [-0.2, -0.15) is 14.8 Å². The Morgan fingerprint density at radius 1 is 1.36 bits per heavy atom. The highest BCUT2D eigenvalue weighted by Gasteiger charge is 2.39. The first-order valence-corrected chi connectivity index (χ1v) is 11.2. The first kappa shape index (κ1) is 20.8. The number of urea groups is 1. The molecular weight excluding hydrogens is 444 g/mol. The molecule has 168 valence electrons. The third kappa shape index (κ3) is 3.25. The molecule has 2 atom stereocenters. The summed E-state index contributed by atoms with van der Waals surface area (Å²) in [7, 11) is 1.64. The SMILES string of the molecule is Cc1ccc2c(c1)[C@@H](C)Oc1cc(cnc1N)-c1c(nn(C)c1C#N)CN1C(=O)NS(=O)N21. The normalized spacial score (nSPS) is 19.3. The fourth-order valence-corrected chi connectivity index (χ4v) is 5.07. The van der Waals surface area contributed by atoms with Crippen LogP contribution in [0.3, 0.4) is 0 Å². The predicted molar refractivity (Wildman–Crippen MR) is 120 cm³/mol. The zero-order valence-corrected chi connectivity index (χ0v) is 18.9. The fourth-order valence-electron chi connectivity index (χ4n) is 4.08. The van der Waals surface area contributed by atoms with Gasteiger partial charge in [-0.1, -0.05) is 17.7 Å². The number of carbonyl (C=O) groups excluding carboxylic acids is 1. The number of nitrogens with two attached hydrogens (primary N) is 1. The number of rotatable bonds is 0. The van der Waals surface area contributed by atoms with Crippen LogP contribution in [0.5, 0.6) is 5.75 Å². The summed E-state index contributed by atoms with van der Waals surface area (Å²) in [5, 5.41) is 15.6. The number of nitrogens with one attached hydrogen (secondary N) is 1. The minimum absolute atomic E-state index is 0.0231. The van der Waals surface area contributed by atoms with Gasteiger partial charge in [0.2, 0.25) is 11.2 Å². The van der Waals surface area contributed by atoms with Crippen LogP contribution in [0.1, 0.15) is 35.5 Å². The van der Waals surface area contributed by atoms with Crippen molar-refractivity contribution in [3.8, 4) is 22.9 Å². The molecular formula is C21H20N8O3S. The van der Waals surface area contributed by atoms with E-state index in [2.05, 4.69) is 20.9 Å². The first-order chi connectivity index (χ1) is 15.8. The van der Waals surface area contributed by atoms with E-state index < -0.39 is 23.3 Å².